The molecule has 2 rings (SSSR count). The van der Waals surface area contributed by atoms with E-state index in [4.69, 9.17) is 0 Å². The number of benzene rings is 2. The van der Waals surface area contributed by atoms with Gasteiger partial charge in [0.15, 0.2) is 0 Å². The highest BCUT2D eigenvalue weighted by molar-refractivity contribution is 7.99. The van der Waals surface area contributed by atoms with E-state index in [-0.39, 0.29) is 11.8 Å². The highest BCUT2D eigenvalue weighted by Gasteiger charge is 2.28. The zero-order valence-corrected chi connectivity index (χ0v) is 20.3. The topological polar surface area (TPSA) is 49.4 Å². The third-order valence-electron chi connectivity index (χ3n) is 5.04. The molecule has 2 amide bonds. The number of amides is 2. The highest BCUT2D eigenvalue weighted by atomic mass is 32.2. The number of nitrogens with one attached hydrogen (secondary N) is 1. The average Bonchev–Trinajstić information content (AvgIpc) is 2.72. The minimum Gasteiger partial charge on any atom is -0.354 e. The Balaban J connectivity index is 2.10. The normalized spacial score (nSPS) is 11.9. The monoisotopic (exact) mass is 440 g/mol. The van der Waals surface area contributed by atoms with Crippen LogP contribution in [0.1, 0.15) is 49.4 Å². The fourth-order valence-electron chi connectivity index (χ4n) is 3.61. The third kappa shape index (κ3) is 8.41. The van der Waals surface area contributed by atoms with Crippen molar-refractivity contribution in [1.82, 2.24) is 10.2 Å². The van der Waals surface area contributed by atoms with Crippen LogP contribution in [0.3, 0.4) is 0 Å². The van der Waals surface area contributed by atoms with Crippen LogP contribution < -0.4 is 5.32 Å². The summed E-state index contributed by atoms with van der Waals surface area (Å²) >= 11 is 1.61. The van der Waals surface area contributed by atoms with E-state index in [2.05, 4.69) is 51.2 Å². The Morgan fingerprint density at radius 2 is 1.65 bits per heavy atom. The molecule has 0 aliphatic rings. The molecule has 0 saturated heterocycles. The van der Waals surface area contributed by atoms with E-state index in [1.165, 1.54) is 16.7 Å². The second-order valence-electron chi connectivity index (χ2n) is 8.56. The van der Waals surface area contributed by atoms with Crippen LogP contribution in [-0.4, -0.2) is 35.1 Å². The van der Waals surface area contributed by atoms with Gasteiger partial charge in [-0.15, -0.1) is 11.8 Å². The minimum atomic E-state index is -0.465. The fourth-order valence-corrected chi connectivity index (χ4v) is 4.46. The molecule has 168 valence electrons. The molecule has 0 aliphatic heterocycles. The SMILES string of the molecule is CCC(C(=O)NCC(C)C)N(Cc1ccccc1)C(=O)CSCc1cc(C)cc(C)c1. The lowest BCUT2D eigenvalue weighted by atomic mass is 10.1. The van der Waals surface area contributed by atoms with Crippen LogP contribution in [-0.2, 0) is 21.9 Å². The van der Waals surface area contributed by atoms with Gasteiger partial charge in [0.25, 0.3) is 0 Å². The smallest absolute Gasteiger partial charge is 0.242 e. The lowest BCUT2D eigenvalue weighted by Gasteiger charge is -2.31. The van der Waals surface area contributed by atoms with Crippen LogP contribution in [0.5, 0.6) is 0 Å². The van der Waals surface area contributed by atoms with Gasteiger partial charge in [-0.2, -0.15) is 0 Å². The van der Waals surface area contributed by atoms with Gasteiger partial charge < -0.3 is 10.2 Å². The lowest BCUT2D eigenvalue weighted by molar-refractivity contribution is -0.139. The number of rotatable bonds is 11. The van der Waals surface area contributed by atoms with Crippen molar-refractivity contribution < 1.29 is 9.59 Å². The molecule has 0 heterocycles. The molecule has 5 heteroatoms. The Labute approximate surface area is 191 Å². The van der Waals surface area contributed by atoms with Crippen LogP contribution in [0.15, 0.2) is 48.5 Å². The van der Waals surface area contributed by atoms with Gasteiger partial charge in [-0.1, -0.05) is 80.4 Å². The van der Waals surface area contributed by atoms with Crippen molar-refractivity contribution >= 4 is 23.6 Å². The van der Waals surface area contributed by atoms with Crippen LogP contribution in [0.25, 0.3) is 0 Å². The Hall–Kier alpha value is -2.27. The van der Waals surface area contributed by atoms with E-state index in [0.29, 0.717) is 31.2 Å². The molecule has 2 aromatic carbocycles. The number of carbonyl (C=O) groups is 2. The standard InChI is InChI=1S/C26H36N2O2S/c1-6-24(26(30)27-15-19(2)3)28(16-22-10-8-7-9-11-22)25(29)18-31-17-23-13-20(4)12-21(5)14-23/h7-14,19,24H,6,15-18H2,1-5H3,(H,27,30). The molecule has 0 aromatic heterocycles. The summed E-state index contributed by atoms with van der Waals surface area (Å²) in [5.74, 6) is 1.44. The second-order valence-corrected chi connectivity index (χ2v) is 9.54. The van der Waals surface area contributed by atoms with E-state index < -0.39 is 6.04 Å². The lowest BCUT2D eigenvalue weighted by Crippen LogP contribution is -2.50. The molecule has 2 aromatic rings. The minimum absolute atomic E-state index is 0.00442. The summed E-state index contributed by atoms with van der Waals surface area (Å²) in [6.45, 7) is 11.3. The third-order valence-corrected chi connectivity index (χ3v) is 6.03. The summed E-state index contributed by atoms with van der Waals surface area (Å²) < 4.78 is 0. The van der Waals surface area contributed by atoms with Gasteiger partial charge in [-0.05, 0) is 37.3 Å². The fraction of sp³-hybridized carbons (Fsp3) is 0.462. The summed E-state index contributed by atoms with van der Waals surface area (Å²) in [5, 5.41) is 3.01. The average molecular weight is 441 g/mol. The number of carbonyl (C=O) groups excluding carboxylic acids is 2. The van der Waals surface area contributed by atoms with Crippen molar-refractivity contribution in [3.8, 4) is 0 Å². The molecule has 0 bridgehead atoms. The number of hydrogen-bond donors (Lipinski definition) is 1. The van der Waals surface area contributed by atoms with Crippen LogP contribution in [0.4, 0.5) is 0 Å². The Morgan fingerprint density at radius 3 is 2.23 bits per heavy atom. The maximum atomic E-state index is 13.2. The molecule has 0 radical (unpaired) electrons. The molecule has 4 nitrogen and oxygen atoms in total. The quantitative estimate of drug-likeness (QED) is 0.528. The first-order valence-electron chi connectivity index (χ1n) is 11.1. The molecular formula is C26H36N2O2S. The van der Waals surface area contributed by atoms with Gasteiger partial charge in [0.1, 0.15) is 6.04 Å². The van der Waals surface area contributed by atoms with Crippen LogP contribution in [0, 0.1) is 19.8 Å². The molecule has 0 aliphatic carbocycles. The Bertz CT molecular complexity index is 831. The summed E-state index contributed by atoms with van der Waals surface area (Å²) in [4.78, 5) is 27.9. The van der Waals surface area contributed by atoms with Gasteiger partial charge in [-0.3, -0.25) is 9.59 Å². The predicted molar refractivity (Wildman–Crippen MR) is 131 cm³/mol. The second kappa shape index (κ2) is 12.6. The summed E-state index contributed by atoms with van der Waals surface area (Å²) in [6, 6.07) is 15.9. The first-order valence-corrected chi connectivity index (χ1v) is 12.2. The van der Waals surface area contributed by atoms with Gasteiger partial charge in [-0.25, -0.2) is 0 Å². The van der Waals surface area contributed by atoms with E-state index in [0.717, 1.165) is 11.3 Å². The molecule has 1 atom stereocenters. The van der Waals surface area contributed by atoms with Gasteiger partial charge in [0, 0.05) is 18.8 Å². The molecule has 31 heavy (non-hydrogen) atoms. The zero-order chi connectivity index (χ0) is 22.8. The van der Waals surface area contributed by atoms with Gasteiger partial charge >= 0.3 is 0 Å². The highest BCUT2D eigenvalue weighted by Crippen LogP contribution is 2.19. The molecule has 0 fully saturated rings. The maximum Gasteiger partial charge on any atom is 0.242 e. The van der Waals surface area contributed by atoms with E-state index in [1.54, 1.807) is 16.7 Å². The zero-order valence-electron chi connectivity index (χ0n) is 19.5. The van der Waals surface area contributed by atoms with Gasteiger partial charge in [0.05, 0.1) is 5.75 Å². The summed E-state index contributed by atoms with van der Waals surface area (Å²) in [5.41, 5.74) is 4.73. The van der Waals surface area contributed by atoms with E-state index in [1.807, 2.05) is 37.3 Å². The van der Waals surface area contributed by atoms with Crippen LogP contribution in [0.2, 0.25) is 0 Å². The van der Waals surface area contributed by atoms with E-state index in [9.17, 15) is 9.59 Å². The van der Waals surface area contributed by atoms with Crippen molar-refractivity contribution in [3.63, 3.8) is 0 Å². The van der Waals surface area contributed by atoms with Crippen molar-refractivity contribution in [2.24, 2.45) is 5.92 Å². The summed E-state index contributed by atoms with van der Waals surface area (Å²) in [7, 11) is 0. The first kappa shape index (κ1) is 25.0. The molecule has 0 spiro atoms. The Morgan fingerprint density at radius 1 is 1.00 bits per heavy atom. The first-order chi connectivity index (χ1) is 14.8. The summed E-state index contributed by atoms with van der Waals surface area (Å²) in [6.07, 6.45) is 0.588. The number of nitrogens with zero attached hydrogens (tertiary/aromatic N) is 1. The van der Waals surface area contributed by atoms with Gasteiger partial charge in [0.2, 0.25) is 11.8 Å². The molecule has 1 unspecified atom stereocenters. The number of hydrogen-bond acceptors (Lipinski definition) is 3. The Kier molecular flexibility index (Phi) is 10.1. The molecule has 0 saturated carbocycles. The largest absolute Gasteiger partial charge is 0.354 e. The maximum absolute atomic E-state index is 13.2. The van der Waals surface area contributed by atoms with Crippen molar-refractivity contribution in [1.29, 1.82) is 0 Å². The number of thioether (sulfide) groups is 1. The molecule has 1 N–H and O–H groups in total. The van der Waals surface area contributed by atoms with Crippen molar-refractivity contribution in [3.05, 3.63) is 70.8 Å². The molecular weight excluding hydrogens is 404 g/mol. The number of aryl methyl sites for hydroxylation is 2. The van der Waals surface area contributed by atoms with Crippen molar-refractivity contribution in [2.45, 2.75) is 59.4 Å². The van der Waals surface area contributed by atoms with E-state index >= 15 is 0 Å². The van der Waals surface area contributed by atoms with Crippen LogP contribution >= 0.6 is 11.8 Å². The van der Waals surface area contributed by atoms with Crippen molar-refractivity contribution in [2.75, 3.05) is 12.3 Å². The predicted octanol–water partition coefficient (Wildman–Crippen LogP) is 5.12.